The van der Waals surface area contributed by atoms with Crippen LogP contribution in [0.25, 0.3) is 0 Å². The molecule has 1 aliphatic heterocycles. The van der Waals surface area contributed by atoms with Crippen molar-refractivity contribution >= 4 is 17.3 Å². The summed E-state index contributed by atoms with van der Waals surface area (Å²) in [4.78, 5) is 17.3. The molecule has 5 heteroatoms. The molecule has 0 saturated carbocycles. The molecule has 1 aromatic rings. The molecule has 2 rings (SSSR count). The van der Waals surface area contributed by atoms with Crippen LogP contribution in [0.4, 0.5) is 0 Å². The Hall–Kier alpha value is -0.940. The lowest BCUT2D eigenvalue weighted by molar-refractivity contribution is -0.138. The van der Waals surface area contributed by atoms with E-state index in [-0.39, 0.29) is 12.5 Å². The summed E-state index contributed by atoms with van der Waals surface area (Å²) in [6.45, 7) is 1.99. The van der Waals surface area contributed by atoms with Crippen molar-refractivity contribution < 1.29 is 9.90 Å². The first kappa shape index (κ1) is 10.6. The fraction of sp³-hybridized carbons (Fsp3) is 0.600. The van der Waals surface area contributed by atoms with Gasteiger partial charge in [0.25, 0.3) is 0 Å². The molecule has 1 fully saturated rings. The lowest BCUT2D eigenvalue weighted by atomic mass is 10.1. The molecule has 1 atom stereocenters. The lowest BCUT2D eigenvalue weighted by Gasteiger charge is -2.24. The predicted octanol–water partition coefficient (Wildman–Crippen LogP) is 1.75. The number of carbonyl (C=O) groups is 1. The topological polar surface area (TPSA) is 53.4 Å². The van der Waals surface area contributed by atoms with E-state index in [9.17, 15) is 4.79 Å². The van der Waals surface area contributed by atoms with Crippen molar-refractivity contribution in [3.05, 3.63) is 16.6 Å². The van der Waals surface area contributed by atoms with Crippen LogP contribution in [0.1, 0.15) is 31.0 Å². The smallest absolute Gasteiger partial charge is 0.305 e. The molecule has 0 aliphatic carbocycles. The number of nitrogens with zero attached hydrogens (tertiary/aromatic N) is 2. The van der Waals surface area contributed by atoms with Gasteiger partial charge in [-0.3, -0.25) is 9.69 Å². The monoisotopic (exact) mass is 226 g/mol. The Bertz CT molecular complexity index is 320. The second-order valence-corrected chi connectivity index (χ2v) is 4.49. The van der Waals surface area contributed by atoms with Gasteiger partial charge in [-0.2, -0.15) is 0 Å². The van der Waals surface area contributed by atoms with Crippen molar-refractivity contribution in [1.82, 2.24) is 9.88 Å². The third-order valence-electron chi connectivity index (χ3n) is 2.74. The highest BCUT2D eigenvalue weighted by Gasteiger charge is 2.26. The average Bonchev–Trinajstić information content (AvgIpc) is 2.87. The molecule has 1 saturated heterocycles. The maximum Gasteiger partial charge on any atom is 0.305 e. The summed E-state index contributed by atoms with van der Waals surface area (Å²) in [6.07, 6.45) is 2.49. The van der Waals surface area contributed by atoms with Crippen LogP contribution in [0.3, 0.4) is 0 Å². The second-order valence-electron chi connectivity index (χ2n) is 3.77. The largest absolute Gasteiger partial charge is 0.481 e. The molecule has 0 aromatic carbocycles. The molecule has 1 unspecified atom stereocenters. The zero-order valence-electron chi connectivity index (χ0n) is 8.43. The van der Waals surface area contributed by atoms with E-state index in [0.29, 0.717) is 0 Å². The first-order chi connectivity index (χ1) is 7.27. The van der Waals surface area contributed by atoms with Crippen LogP contribution >= 0.6 is 11.3 Å². The van der Waals surface area contributed by atoms with Crippen molar-refractivity contribution in [3.8, 4) is 0 Å². The van der Waals surface area contributed by atoms with Gasteiger partial charge in [0.2, 0.25) is 0 Å². The average molecular weight is 226 g/mol. The minimum Gasteiger partial charge on any atom is -0.481 e. The third-order valence-corrected chi connectivity index (χ3v) is 3.35. The van der Waals surface area contributed by atoms with Gasteiger partial charge in [0.15, 0.2) is 0 Å². The van der Waals surface area contributed by atoms with Crippen molar-refractivity contribution in [1.29, 1.82) is 0 Å². The molecule has 2 heterocycles. The van der Waals surface area contributed by atoms with Gasteiger partial charge in [-0.05, 0) is 25.9 Å². The van der Waals surface area contributed by atoms with Gasteiger partial charge < -0.3 is 5.11 Å². The van der Waals surface area contributed by atoms with E-state index >= 15 is 0 Å². The maximum atomic E-state index is 10.8. The molecule has 82 valence electrons. The fourth-order valence-electron chi connectivity index (χ4n) is 2.03. The van der Waals surface area contributed by atoms with E-state index in [1.807, 2.05) is 5.38 Å². The maximum absolute atomic E-state index is 10.8. The SMILES string of the molecule is O=C(O)CC(c1cscn1)N1CCCC1. The Labute approximate surface area is 92.6 Å². The van der Waals surface area contributed by atoms with Crippen molar-refractivity contribution in [2.24, 2.45) is 0 Å². The van der Waals surface area contributed by atoms with E-state index in [1.165, 1.54) is 24.2 Å². The normalized spacial score (nSPS) is 19.2. The Morgan fingerprint density at radius 3 is 2.87 bits per heavy atom. The fourth-order valence-corrected chi connectivity index (χ4v) is 2.63. The van der Waals surface area contributed by atoms with Crippen molar-refractivity contribution in [3.63, 3.8) is 0 Å². The summed E-state index contributed by atoms with van der Waals surface area (Å²) in [5.74, 6) is -0.750. The molecule has 0 bridgehead atoms. The molecule has 15 heavy (non-hydrogen) atoms. The van der Waals surface area contributed by atoms with Gasteiger partial charge >= 0.3 is 5.97 Å². The molecule has 1 aromatic heterocycles. The zero-order valence-corrected chi connectivity index (χ0v) is 9.24. The summed E-state index contributed by atoms with van der Waals surface area (Å²) in [6, 6.07) is -0.0313. The standard InChI is InChI=1S/C10H14N2O2S/c13-10(14)5-9(8-6-15-7-11-8)12-3-1-2-4-12/h6-7,9H,1-5H2,(H,13,14). The van der Waals surface area contributed by atoms with Crippen LogP contribution in [0.2, 0.25) is 0 Å². The molecule has 0 amide bonds. The van der Waals surface area contributed by atoms with E-state index in [2.05, 4.69) is 9.88 Å². The lowest BCUT2D eigenvalue weighted by Crippen LogP contribution is -2.27. The van der Waals surface area contributed by atoms with E-state index in [4.69, 9.17) is 5.11 Å². The Kier molecular flexibility index (Phi) is 3.33. The summed E-state index contributed by atoms with van der Waals surface area (Å²) in [5.41, 5.74) is 2.67. The number of aromatic nitrogens is 1. The quantitative estimate of drug-likeness (QED) is 0.850. The van der Waals surface area contributed by atoms with Crippen LogP contribution in [0.5, 0.6) is 0 Å². The van der Waals surface area contributed by atoms with Crippen LogP contribution in [0.15, 0.2) is 10.9 Å². The Morgan fingerprint density at radius 2 is 2.33 bits per heavy atom. The number of hydrogen-bond donors (Lipinski definition) is 1. The minimum atomic E-state index is -0.750. The number of carboxylic acids is 1. The summed E-state index contributed by atoms with van der Waals surface area (Å²) in [5, 5.41) is 10.8. The minimum absolute atomic E-state index is 0.0313. The van der Waals surface area contributed by atoms with E-state index in [1.54, 1.807) is 5.51 Å². The molecule has 0 radical (unpaired) electrons. The highest BCUT2D eigenvalue weighted by Crippen LogP contribution is 2.27. The first-order valence-electron chi connectivity index (χ1n) is 5.11. The molecule has 1 N–H and O–H groups in total. The number of likely N-dealkylation sites (tertiary alicyclic amines) is 1. The number of aliphatic carboxylic acids is 1. The zero-order chi connectivity index (χ0) is 10.7. The summed E-state index contributed by atoms with van der Waals surface area (Å²) < 4.78 is 0. The molecular formula is C10H14N2O2S. The highest BCUT2D eigenvalue weighted by atomic mass is 32.1. The van der Waals surface area contributed by atoms with Crippen LogP contribution in [0, 0.1) is 0 Å². The Balaban J connectivity index is 2.12. The third kappa shape index (κ3) is 2.54. The summed E-state index contributed by atoms with van der Waals surface area (Å²) >= 11 is 1.52. The number of hydrogen-bond acceptors (Lipinski definition) is 4. The van der Waals surface area contributed by atoms with Gasteiger partial charge in [-0.15, -0.1) is 11.3 Å². The van der Waals surface area contributed by atoms with Crippen LogP contribution in [-0.2, 0) is 4.79 Å². The summed E-state index contributed by atoms with van der Waals surface area (Å²) in [7, 11) is 0. The molecule has 4 nitrogen and oxygen atoms in total. The van der Waals surface area contributed by atoms with E-state index < -0.39 is 5.97 Å². The number of carboxylic acid groups (broad SMARTS) is 1. The highest BCUT2D eigenvalue weighted by molar-refractivity contribution is 7.07. The predicted molar refractivity (Wildman–Crippen MR) is 57.9 cm³/mol. The van der Waals surface area contributed by atoms with Crippen molar-refractivity contribution in [2.45, 2.75) is 25.3 Å². The second kappa shape index (κ2) is 4.72. The van der Waals surface area contributed by atoms with Gasteiger partial charge in [0, 0.05) is 5.38 Å². The van der Waals surface area contributed by atoms with Gasteiger partial charge in [-0.1, -0.05) is 0 Å². The van der Waals surface area contributed by atoms with E-state index in [0.717, 1.165) is 18.8 Å². The Morgan fingerprint density at radius 1 is 1.60 bits per heavy atom. The molecule has 0 spiro atoms. The number of thiazole rings is 1. The first-order valence-corrected chi connectivity index (χ1v) is 6.05. The van der Waals surface area contributed by atoms with Crippen molar-refractivity contribution in [2.75, 3.05) is 13.1 Å². The van der Waals surface area contributed by atoms with Crippen LogP contribution < -0.4 is 0 Å². The molecular weight excluding hydrogens is 212 g/mol. The van der Waals surface area contributed by atoms with Gasteiger partial charge in [-0.25, -0.2) is 4.98 Å². The van der Waals surface area contributed by atoms with Crippen LogP contribution in [-0.4, -0.2) is 34.0 Å². The number of rotatable bonds is 4. The molecule has 1 aliphatic rings. The van der Waals surface area contributed by atoms with Gasteiger partial charge in [0.1, 0.15) is 0 Å². The van der Waals surface area contributed by atoms with Gasteiger partial charge in [0.05, 0.1) is 23.7 Å².